The molecule has 158 valence electrons. The fourth-order valence-electron chi connectivity index (χ4n) is 4.72. The third-order valence-corrected chi connectivity index (χ3v) is 6.44. The van der Waals surface area contributed by atoms with E-state index in [4.69, 9.17) is 0 Å². The summed E-state index contributed by atoms with van der Waals surface area (Å²) < 4.78 is 2.23. The molecule has 2 amide bonds. The van der Waals surface area contributed by atoms with Gasteiger partial charge < -0.3 is 14.4 Å². The van der Waals surface area contributed by atoms with Crippen LogP contribution in [-0.2, 0) is 29.0 Å². The maximum Gasteiger partial charge on any atom is 0.227 e. The van der Waals surface area contributed by atoms with E-state index >= 15 is 0 Å². The van der Waals surface area contributed by atoms with Gasteiger partial charge in [-0.2, -0.15) is 0 Å². The number of Topliss-reactive ketones (excluding diaryl/α,β-unsaturated/α-hetero) is 1. The molecule has 6 nitrogen and oxygen atoms in total. The van der Waals surface area contributed by atoms with E-state index in [9.17, 15) is 14.4 Å². The molecule has 1 fully saturated rings. The van der Waals surface area contributed by atoms with Crippen molar-refractivity contribution in [3.63, 3.8) is 0 Å². The van der Waals surface area contributed by atoms with Gasteiger partial charge in [-0.05, 0) is 30.9 Å². The van der Waals surface area contributed by atoms with E-state index in [1.54, 1.807) is 11.8 Å². The van der Waals surface area contributed by atoms with Gasteiger partial charge in [-0.3, -0.25) is 14.4 Å². The van der Waals surface area contributed by atoms with Crippen LogP contribution in [0.2, 0.25) is 0 Å². The Hall–Kier alpha value is -2.89. The molecule has 0 N–H and O–H groups in total. The summed E-state index contributed by atoms with van der Waals surface area (Å²) in [6.45, 7) is 6.57. The number of rotatable bonds is 4. The predicted octanol–water partition coefficient (Wildman–Crippen LogP) is 2.60. The Balaban J connectivity index is 1.59. The minimum atomic E-state index is 0.0411. The Labute approximate surface area is 177 Å². The highest BCUT2D eigenvalue weighted by Crippen LogP contribution is 2.31. The number of nitrogens with zero attached hydrogens (tertiary/aromatic N) is 3. The van der Waals surface area contributed by atoms with Crippen LogP contribution in [0.25, 0.3) is 0 Å². The van der Waals surface area contributed by atoms with Crippen LogP contribution in [-0.4, -0.2) is 58.1 Å². The van der Waals surface area contributed by atoms with Crippen molar-refractivity contribution in [2.75, 3.05) is 26.2 Å². The molecule has 1 aliphatic carbocycles. The number of fused-ring (bicyclic) bond motifs is 1. The summed E-state index contributed by atoms with van der Waals surface area (Å²) in [7, 11) is 0. The molecule has 0 unspecified atom stereocenters. The molecule has 2 heterocycles. The fourth-order valence-corrected chi connectivity index (χ4v) is 4.72. The van der Waals surface area contributed by atoms with Gasteiger partial charge in [0.15, 0.2) is 5.78 Å². The van der Waals surface area contributed by atoms with Gasteiger partial charge in [0.05, 0.1) is 6.42 Å². The van der Waals surface area contributed by atoms with Gasteiger partial charge in [0, 0.05) is 63.0 Å². The maximum atomic E-state index is 13.1. The summed E-state index contributed by atoms with van der Waals surface area (Å²) in [5.41, 5.74) is 4.97. The Bertz CT molecular complexity index is 969. The second-order valence-electron chi connectivity index (χ2n) is 8.30. The molecule has 0 bridgehead atoms. The van der Waals surface area contributed by atoms with Crippen LogP contribution in [0.3, 0.4) is 0 Å². The number of carbonyl (C=O) groups excluding carboxylic acids is 3. The highest BCUT2D eigenvalue weighted by atomic mass is 16.2. The molecule has 1 aliphatic heterocycles. The Morgan fingerprint density at radius 3 is 2.30 bits per heavy atom. The van der Waals surface area contributed by atoms with Crippen LogP contribution in [0.1, 0.15) is 52.6 Å². The van der Waals surface area contributed by atoms with Gasteiger partial charge in [0.25, 0.3) is 0 Å². The lowest BCUT2D eigenvalue weighted by molar-refractivity contribution is -0.138. The number of hydrogen-bond acceptors (Lipinski definition) is 3. The first-order valence-corrected chi connectivity index (χ1v) is 10.8. The Kier molecular flexibility index (Phi) is 5.75. The summed E-state index contributed by atoms with van der Waals surface area (Å²) in [4.78, 5) is 41.0. The molecule has 0 atom stereocenters. The van der Waals surface area contributed by atoms with Crippen molar-refractivity contribution >= 4 is 17.6 Å². The van der Waals surface area contributed by atoms with Crippen molar-refractivity contribution in [3.05, 3.63) is 58.4 Å². The smallest absolute Gasteiger partial charge is 0.227 e. The summed E-state index contributed by atoms with van der Waals surface area (Å²) in [5.74, 6) is 0.255. The molecule has 1 aromatic carbocycles. The van der Waals surface area contributed by atoms with Gasteiger partial charge in [0.1, 0.15) is 0 Å². The van der Waals surface area contributed by atoms with Gasteiger partial charge in [-0.15, -0.1) is 0 Å². The lowest BCUT2D eigenvalue weighted by Gasteiger charge is -2.34. The normalized spacial score (nSPS) is 16.5. The van der Waals surface area contributed by atoms with E-state index in [1.807, 2.05) is 30.0 Å². The maximum absolute atomic E-state index is 13.1. The number of benzene rings is 1. The van der Waals surface area contributed by atoms with Crippen molar-refractivity contribution in [2.45, 2.75) is 46.1 Å². The van der Waals surface area contributed by atoms with Gasteiger partial charge in [0.2, 0.25) is 11.8 Å². The van der Waals surface area contributed by atoms with Crippen molar-refractivity contribution in [3.8, 4) is 0 Å². The molecule has 1 aromatic heterocycles. The van der Waals surface area contributed by atoms with Crippen LogP contribution in [0.15, 0.2) is 30.3 Å². The molecule has 2 aromatic rings. The molecule has 0 spiro atoms. The van der Waals surface area contributed by atoms with Crippen LogP contribution in [0.5, 0.6) is 0 Å². The van der Waals surface area contributed by atoms with E-state index in [-0.39, 0.29) is 24.0 Å². The van der Waals surface area contributed by atoms with Gasteiger partial charge in [-0.25, -0.2) is 0 Å². The van der Waals surface area contributed by atoms with Crippen molar-refractivity contribution in [1.29, 1.82) is 0 Å². The number of piperazine rings is 1. The molecule has 2 aliphatic rings. The first-order valence-electron chi connectivity index (χ1n) is 10.8. The Morgan fingerprint density at radius 1 is 0.967 bits per heavy atom. The highest BCUT2D eigenvalue weighted by molar-refractivity contribution is 6.01. The van der Waals surface area contributed by atoms with Crippen LogP contribution in [0, 0.1) is 6.92 Å². The molecule has 30 heavy (non-hydrogen) atoms. The highest BCUT2D eigenvalue weighted by Gasteiger charge is 2.30. The van der Waals surface area contributed by atoms with Crippen LogP contribution >= 0.6 is 0 Å². The van der Waals surface area contributed by atoms with Crippen molar-refractivity contribution < 1.29 is 14.4 Å². The van der Waals surface area contributed by atoms with Crippen molar-refractivity contribution in [1.82, 2.24) is 14.4 Å². The lowest BCUT2D eigenvalue weighted by Crippen LogP contribution is -2.50. The molecular weight excluding hydrogens is 378 g/mol. The molecular formula is C24H29N3O3. The number of hydrogen-bond donors (Lipinski definition) is 0. The molecule has 0 saturated carbocycles. The summed E-state index contributed by atoms with van der Waals surface area (Å²) in [6, 6.07) is 10.2. The largest absolute Gasteiger partial charge is 0.343 e. The van der Waals surface area contributed by atoms with Crippen molar-refractivity contribution in [2.24, 2.45) is 0 Å². The number of carbonyl (C=O) groups is 3. The second-order valence-corrected chi connectivity index (χ2v) is 8.30. The molecule has 4 rings (SSSR count). The zero-order valence-corrected chi connectivity index (χ0v) is 17.8. The predicted molar refractivity (Wildman–Crippen MR) is 115 cm³/mol. The molecule has 0 radical (unpaired) electrons. The third-order valence-electron chi connectivity index (χ3n) is 6.44. The average molecular weight is 408 g/mol. The second kappa shape index (κ2) is 8.46. The quantitative estimate of drug-likeness (QED) is 0.783. The number of aromatic nitrogens is 1. The van der Waals surface area contributed by atoms with E-state index in [1.165, 1.54) is 5.56 Å². The first-order chi connectivity index (χ1) is 14.5. The zero-order chi connectivity index (χ0) is 21.3. The van der Waals surface area contributed by atoms with Crippen LogP contribution < -0.4 is 0 Å². The SMILES string of the molecule is CC(=O)N1CCN(C(=O)Cc2c3c(n(Cc4ccccc4)c2C)CCCC3=O)CC1. The summed E-state index contributed by atoms with van der Waals surface area (Å²) >= 11 is 0. The van der Waals surface area contributed by atoms with Gasteiger partial charge >= 0.3 is 0 Å². The standard InChI is InChI=1S/C24H29N3O3/c1-17-20(15-23(30)26-13-11-25(12-14-26)18(2)28)24-21(9-6-10-22(24)29)27(17)16-19-7-4-3-5-8-19/h3-5,7-8H,6,9-16H2,1-2H3. The fraction of sp³-hybridized carbons (Fsp3) is 0.458. The lowest BCUT2D eigenvalue weighted by atomic mass is 9.92. The molecule has 6 heteroatoms. The Morgan fingerprint density at radius 2 is 1.63 bits per heavy atom. The summed E-state index contributed by atoms with van der Waals surface area (Å²) in [5, 5.41) is 0. The van der Waals surface area contributed by atoms with Crippen LogP contribution in [0.4, 0.5) is 0 Å². The topological polar surface area (TPSA) is 62.6 Å². The molecule has 1 saturated heterocycles. The average Bonchev–Trinajstić information content (AvgIpc) is 3.01. The minimum Gasteiger partial charge on any atom is -0.343 e. The number of amides is 2. The third kappa shape index (κ3) is 3.91. The van der Waals surface area contributed by atoms with E-state index in [0.717, 1.165) is 35.4 Å². The number of ketones is 1. The minimum absolute atomic E-state index is 0.0411. The monoisotopic (exact) mass is 407 g/mol. The van der Waals surface area contributed by atoms with E-state index < -0.39 is 0 Å². The van der Waals surface area contributed by atoms with E-state index in [2.05, 4.69) is 16.7 Å². The zero-order valence-electron chi connectivity index (χ0n) is 17.8. The first kappa shape index (κ1) is 20.4. The summed E-state index contributed by atoms with van der Waals surface area (Å²) in [6.07, 6.45) is 2.55. The van der Waals surface area contributed by atoms with E-state index in [0.29, 0.717) is 39.1 Å². The van der Waals surface area contributed by atoms with Gasteiger partial charge in [-0.1, -0.05) is 30.3 Å².